The molecule has 0 saturated carbocycles. The highest BCUT2D eigenvalue weighted by atomic mass is 35.5. The predicted molar refractivity (Wildman–Crippen MR) is 75.8 cm³/mol. The van der Waals surface area contributed by atoms with E-state index in [0.717, 1.165) is 5.56 Å². The van der Waals surface area contributed by atoms with Gasteiger partial charge in [-0.1, -0.05) is 24.3 Å². The van der Waals surface area contributed by atoms with Gasteiger partial charge in [0.25, 0.3) is 11.1 Å². The Morgan fingerprint density at radius 1 is 1.00 bits per heavy atom. The van der Waals surface area contributed by atoms with E-state index in [4.69, 9.17) is 11.6 Å². The van der Waals surface area contributed by atoms with Crippen molar-refractivity contribution in [3.8, 4) is 0 Å². The summed E-state index contributed by atoms with van der Waals surface area (Å²) < 4.78 is 0. The molecule has 0 atom stereocenters. The molecule has 0 bridgehead atoms. The van der Waals surface area contributed by atoms with Crippen LogP contribution in [-0.2, 0) is 0 Å². The zero-order valence-electron chi connectivity index (χ0n) is 10.3. The van der Waals surface area contributed by atoms with Gasteiger partial charge in [0.05, 0.1) is 0 Å². The fourth-order valence-corrected chi connectivity index (χ4v) is 1.83. The van der Waals surface area contributed by atoms with E-state index in [0.29, 0.717) is 16.8 Å². The van der Waals surface area contributed by atoms with E-state index in [1.54, 1.807) is 24.3 Å². The first-order valence-electron chi connectivity index (χ1n) is 5.74. The predicted octanol–water partition coefficient (Wildman–Crippen LogP) is 3.63. The lowest BCUT2D eigenvalue weighted by atomic mass is 10.1. The van der Waals surface area contributed by atoms with Gasteiger partial charge in [0, 0.05) is 16.8 Å². The molecule has 0 aliphatic rings. The lowest BCUT2D eigenvalue weighted by Gasteiger charge is -2.06. The molecule has 0 heterocycles. The van der Waals surface area contributed by atoms with Gasteiger partial charge in [0.15, 0.2) is 0 Å². The Labute approximate surface area is 116 Å². The van der Waals surface area contributed by atoms with E-state index < -0.39 is 5.24 Å². The summed E-state index contributed by atoms with van der Waals surface area (Å²) in [5, 5.41) is 2.19. The molecule has 96 valence electrons. The Kier molecular flexibility index (Phi) is 3.97. The molecule has 2 aromatic rings. The number of carbonyl (C=O) groups excluding carboxylic acids is 2. The van der Waals surface area contributed by atoms with Crippen LogP contribution in [-0.4, -0.2) is 11.1 Å². The van der Waals surface area contributed by atoms with Gasteiger partial charge in [0.2, 0.25) is 0 Å². The summed E-state index contributed by atoms with van der Waals surface area (Å²) in [5.74, 6) is -0.273. The molecule has 0 saturated heterocycles. The highest BCUT2D eigenvalue weighted by Gasteiger charge is 2.09. The molecule has 0 aliphatic heterocycles. The number of halogens is 1. The number of carbonyl (C=O) groups is 2. The third-order valence-corrected chi connectivity index (χ3v) is 2.85. The highest BCUT2D eigenvalue weighted by molar-refractivity contribution is 6.67. The van der Waals surface area contributed by atoms with Crippen LogP contribution in [0, 0.1) is 6.92 Å². The Bertz CT molecular complexity index is 638. The molecule has 1 N–H and O–H groups in total. The first kappa shape index (κ1) is 13.3. The first-order chi connectivity index (χ1) is 9.06. The van der Waals surface area contributed by atoms with Crippen molar-refractivity contribution in [2.24, 2.45) is 0 Å². The van der Waals surface area contributed by atoms with Gasteiger partial charge >= 0.3 is 0 Å². The second-order valence-corrected chi connectivity index (χ2v) is 4.52. The Morgan fingerprint density at radius 3 is 2.37 bits per heavy atom. The summed E-state index contributed by atoms with van der Waals surface area (Å²) in [4.78, 5) is 23.1. The summed E-state index contributed by atoms with van der Waals surface area (Å²) in [6, 6.07) is 13.8. The van der Waals surface area contributed by atoms with E-state index >= 15 is 0 Å². The van der Waals surface area contributed by atoms with Crippen LogP contribution < -0.4 is 5.32 Å². The minimum absolute atomic E-state index is 0.273. The lowest BCUT2D eigenvalue weighted by Crippen LogP contribution is -2.12. The minimum Gasteiger partial charge on any atom is -0.322 e. The van der Waals surface area contributed by atoms with E-state index in [1.807, 2.05) is 25.1 Å². The molecule has 0 aromatic heterocycles. The molecule has 0 fully saturated rings. The summed E-state index contributed by atoms with van der Waals surface area (Å²) in [5.41, 5.74) is 2.47. The van der Waals surface area contributed by atoms with Crippen LogP contribution >= 0.6 is 11.6 Å². The van der Waals surface area contributed by atoms with Gasteiger partial charge in [-0.2, -0.15) is 0 Å². The van der Waals surface area contributed by atoms with Crippen LogP contribution in [0.1, 0.15) is 26.3 Å². The molecule has 2 aromatic carbocycles. The third kappa shape index (κ3) is 3.42. The van der Waals surface area contributed by atoms with Gasteiger partial charge < -0.3 is 5.32 Å². The normalized spacial score (nSPS) is 10.0. The molecule has 19 heavy (non-hydrogen) atoms. The van der Waals surface area contributed by atoms with Crippen molar-refractivity contribution in [3.05, 3.63) is 65.2 Å². The molecule has 4 heteroatoms. The molecule has 0 radical (unpaired) electrons. The topological polar surface area (TPSA) is 46.2 Å². The summed E-state index contributed by atoms with van der Waals surface area (Å²) in [6.07, 6.45) is 0. The molecule has 1 amide bonds. The maximum Gasteiger partial charge on any atom is 0.255 e. The van der Waals surface area contributed by atoms with Crippen LogP contribution in [0.5, 0.6) is 0 Å². The number of amides is 1. The minimum atomic E-state index is -0.579. The molecule has 0 spiro atoms. The van der Waals surface area contributed by atoms with Crippen LogP contribution in [0.4, 0.5) is 5.69 Å². The maximum atomic E-state index is 12.0. The van der Waals surface area contributed by atoms with Crippen molar-refractivity contribution in [2.45, 2.75) is 6.92 Å². The summed E-state index contributed by atoms with van der Waals surface area (Å²) >= 11 is 5.39. The zero-order chi connectivity index (χ0) is 13.8. The molecule has 3 nitrogen and oxygen atoms in total. The van der Waals surface area contributed by atoms with Crippen molar-refractivity contribution in [1.82, 2.24) is 0 Å². The number of hydrogen-bond acceptors (Lipinski definition) is 2. The number of nitrogens with one attached hydrogen (secondary N) is 1. The Balaban J connectivity index is 2.20. The molecule has 0 aliphatic carbocycles. The number of benzene rings is 2. The van der Waals surface area contributed by atoms with Gasteiger partial charge in [-0.3, -0.25) is 9.59 Å². The Morgan fingerprint density at radius 2 is 1.68 bits per heavy atom. The molecular weight excluding hydrogens is 262 g/mol. The van der Waals surface area contributed by atoms with Crippen molar-refractivity contribution >= 4 is 28.4 Å². The second-order valence-electron chi connectivity index (χ2n) is 4.18. The summed E-state index contributed by atoms with van der Waals surface area (Å²) in [7, 11) is 0. The van der Waals surface area contributed by atoms with Gasteiger partial charge in [-0.15, -0.1) is 0 Å². The van der Waals surface area contributed by atoms with E-state index in [1.165, 1.54) is 6.07 Å². The largest absolute Gasteiger partial charge is 0.322 e. The fraction of sp³-hybridized carbons (Fsp3) is 0.0667. The number of rotatable bonds is 3. The average molecular weight is 274 g/mol. The van der Waals surface area contributed by atoms with Gasteiger partial charge in [-0.05, 0) is 48.4 Å². The lowest BCUT2D eigenvalue weighted by molar-refractivity contribution is 0.102. The third-order valence-electron chi connectivity index (χ3n) is 2.63. The smallest absolute Gasteiger partial charge is 0.255 e. The number of anilines is 1. The SMILES string of the molecule is Cc1cccc(NC(=O)c2cccc(C(=O)Cl)c2)c1. The second kappa shape index (κ2) is 5.67. The van der Waals surface area contributed by atoms with Crippen molar-refractivity contribution in [2.75, 3.05) is 5.32 Å². The monoisotopic (exact) mass is 273 g/mol. The fourth-order valence-electron chi connectivity index (χ4n) is 1.71. The highest BCUT2D eigenvalue weighted by Crippen LogP contribution is 2.13. The first-order valence-corrected chi connectivity index (χ1v) is 6.12. The van der Waals surface area contributed by atoms with Crippen LogP contribution in [0.2, 0.25) is 0 Å². The quantitative estimate of drug-likeness (QED) is 0.868. The number of aryl methyl sites for hydroxylation is 1. The molecule has 2 rings (SSSR count). The average Bonchev–Trinajstić information content (AvgIpc) is 2.39. The van der Waals surface area contributed by atoms with Gasteiger partial charge in [0.1, 0.15) is 0 Å². The van der Waals surface area contributed by atoms with Gasteiger partial charge in [-0.25, -0.2) is 0 Å². The number of hydrogen-bond donors (Lipinski definition) is 1. The van der Waals surface area contributed by atoms with Crippen molar-refractivity contribution in [3.63, 3.8) is 0 Å². The van der Waals surface area contributed by atoms with Crippen LogP contribution in [0.25, 0.3) is 0 Å². The van der Waals surface area contributed by atoms with E-state index in [-0.39, 0.29) is 5.91 Å². The van der Waals surface area contributed by atoms with Crippen molar-refractivity contribution < 1.29 is 9.59 Å². The van der Waals surface area contributed by atoms with Crippen molar-refractivity contribution in [1.29, 1.82) is 0 Å². The Hall–Kier alpha value is -2.13. The molecular formula is C15H12ClNO2. The van der Waals surface area contributed by atoms with E-state index in [2.05, 4.69) is 5.32 Å². The van der Waals surface area contributed by atoms with Crippen LogP contribution in [0.3, 0.4) is 0 Å². The summed E-state index contributed by atoms with van der Waals surface area (Å²) in [6.45, 7) is 1.95. The standard InChI is InChI=1S/C15H12ClNO2/c1-10-4-2-7-13(8-10)17-15(19)12-6-3-5-11(9-12)14(16)18/h2-9H,1H3,(H,17,19). The zero-order valence-corrected chi connectivity index (χ0v) is 11.1. The molecule has 0 unspecified atom stereocenters. The van der Waals surface area contributed by atoms with Crippen LogP contribution in [0.15, 0.2) is 48.5 Å². The maximum absolute atomic E-state index is 12.0. The van der Waals surface area contributed by atoms with E-state index in [9.17, 15) is 9.59 Å².